The molecule has 0 bridgehead atoms. The first kappa shape index (κ1) is 35.9. The third kappa shape index (κ3) is 8.07. The molecule has 2 unspecified atom stereocenters. The number of aromatic nitrogens is 2. The van der Waals surface area contributed by atoms with Crippen molar-refractivity contribution in [1.82, 2.24) is 10.2 Å². The number of halogens is 5. The summed E-state index contributed by atoms with van der Waals surface area (Å²) in [5, 5.41) is 19.7. The highest BCUT2D eigenvalue weighted by Gasteiger charge is 2.54. The molecule has 8 nitrogen and oxygen atoms in total. The number of nitriles is 1. The number of rotatable bonds is 12. The summed E-state index contributed by atoms with van der Waals surface area (Å²) in [5.74, 6) is 1.04. The lowest BCUT2D eigenvalue weighted by Crippen LogP contribution is -2.20. The Morgan fingerprint density at radius 2 is 1.77 bits per heavy atom. The van der Waals surface area contributed by atoms with Crippen LogP contribution in [0.15, 0.2) is 89.4 Å². The van der Waals surface area contributed by atoms with E-state index in [2.05, 4.69) is 32.2 Å². The van der Waals surface area contributed by atoms with Crippen molar-refractivity contribution in [2.45, 2.75) is 38.6 Å². The molecule has 1 heterocycles. The van der Waals surface area contributed by atoms with Crippen LogP contribution in [0.3, 0.4) is 0 Å². The van der Waals surface area contributed by atoms with Crippen LogP contribution in [0.2, 0.25) is 10.0 Å². The maximum atomic E-state index is 15.3. The molecule has 5 aromatic rings. The standard InChI is InChI=1S/C33H26BrCl2F2N4O4PS/c1-3-20(2)46-47(43,44)33(37,38)27-12-10-22(15-28(27)34)19-42(24-11-13-29(35)30(36)17-24)32-41-40-31(48-32)23-7-5-9-26(16-23)45-25-8-4-6-21(14-25)18-39/h4-17,20H,3,19H2,1-2H3,(H,43,44). The van der Waals surface area contributed by atoms with Crippen LogP contribution in [0.5, 0.6) is 11.5 Å². The van der Waals surface area contributed by atoms with Crippen molar-refractivity contribution < 1.29 is 27.5 Å². The van der Waals surface area contributed by atoms with Gasteiger partial charge in [0.05, 0.1) is 34.3 Å². The van der Waals surface area contributed by atoms with Crippen molar-refractivity contribution in [1.29, 1.82) is 5.26 Å². The third-order valence-corrected chi connectivity index (χ3v) is 11.1. The molecule has 0 amide bonds. The summed E-state index contributed by atoms with van der Waals surface area (Å²) in [6.45, 7) is 3.25. The van der Waals surface area contributed by atoms with Gasteiger partial charge in [-0.1, -0.05) is 87.7 Å². The quantitative estimate of drug-likeness (QED) is 0.124. The zero-order chi connectivity index (χ0) is 34.6. The molecular weight excluding hydrogens is 768 g/mol. The second-order valence-electron chi connectivity index (χ2n) is 10.5. The van der Waals surface area contributed by atoms with E-state index in [1.807, 2.05) is 12.1 Å². The number of hydrogen-bond donors (Lipinski definition) is 1. The Morgan fingerprint density at radius 1 is 1.04 bits per heavy atom. The summed E-state index contributed by atoms with van der Waals surface area (Å²) < 4.78 is 54.0. The molecule has 0 aliphatic rings. The number of alkyl halides is 2. The Labute approximate surface area is 298 Å². The Kier molecular flexibility index (Phi) is 11.2. The highest BCUT2D eigenvalue weighted by molar-refractivity contribution is 9.10. The Hall–Kier alpha value is -3.40. The number of anilines is 2. The predicted octanol–water partition coefficient (Wildman–Crippen LogP) is 11.3. The molecule has 0 saturated carbocycles. The van der Waals surface area contributed by atoms with E-state index in [0.29, 0.717) is 48.5 Å². The van der Waals surface area contributed by atoms with Gasteiger partial charge in [0, 0.05) is 21.3 Å². The third-order valence-electron chi connectivity index (χ3n) is 7.09. The highest BCUT2D eigenvalue weighted by atomic mass is 79.9. The van der Waals surface area contributed by atoms with Gasteiger partial charge in [0.1, 0.15) is 16.5 Å². The Morgan fingerprint density at radius 3 is 2.46 bits per heavy atom. The first-order valence-corrected chi connectivity index (χ1v) is 18.3. The van der Waals surface area contributed by atoms with Crippen molar-refractivity contribution in [3.05, 3.63) is 116 Å². The number of hydrogen-bond acceptors (Lipinski definition) is 8. The van der Waals surface area contributed by atoms with Crippen LogP contribution in [0.1, 0.15) is 37.0 Å². The molecular formula is C33H26BrCl2F2N4O4PS. The molecule has 0 aliphatic heterocycles. The molecule has 5 rings (SSSR count). The normalized spacial score (nSPS) is 13.4. The van der Waals surface area contributed by atoms with Crippen LogP contribution in [0, 0.1) is 11.3 Å². The average molecular weight is 794 g/mol. The minimum absolute atomic E-state index is 0.0730. The van der Waals surface area contributed by atoms with E-state index in [1.54, 1.807) is 66.4 Å². The minimum Gasteiger partial charge on any atom is -0.457 e. The fraction of sp³-hybridized carbons (Fsp3) is 0.182. The van der Waals surface area contributed by atoms with E-state index in [1.165, 1.54) is 30.4 Å². The first-order chi connectivity index (χ1) is 22.8. The fourth-order valence-corrected chi connectivity index (χ4v) is 7.69. The SMILES string of the molecule is CCC(C)OP(=O)(O)C(F)(F)c1ccc(CN(c2ccc(Cl)c(Cl)c2)c2nnc(-c3cccc(Oc4cccc(C#N)c4)c3)s2)cc1Br. The van der Waals surface area contributed by atoms with E-state index in [0.717, 1.165) is 11.6 Å². The molecule has 2 atom stereocenters. The molecule has 48 heavy (non-hydrogen) atoms. The monoisotopic (exact) mass is 792 g/mol. The van der Waals surface area contributed by atoms with Crippen LogP contribution in [0.25, 0.3) is 10.6 Å². The van der Waals surface area contributed by atoms with Gasteiger partial charge in [-0.2, -0.15) is 14.0 Å². The van der Waals surface area contributed by atoms with Gasteiger partial charge in [-0.25, -0.2) is 0 Å². The maximum absolute atomic E-state index is 15.3. The van der Waals surface area contributed by atoms with Crippen molar-refractivity contribution >= 4 is 68.9 Å². The largest absolute Gasteiger partial charge is 0.457 e. The van der Waals surface area contributed by atoms with Gasteiger partial charge in [0.2, 0.25) is 5.13 Å². The zero-order valence-electron chi connectivity index (χ0n) is 25.3. The van der Waals surface area contributed by atoms with Crippen LogP contribution < -0.4 is 9.64 Å². The number of nitrogens with zero attached hydrogens (tertiary/aromatic N) is 4. The molecule has 0 fully saturated rings. The number of benzene rings is 4. The second kappa shape index (κ2) is 15.0. The first-order valence-electron chi connectivity index (χ1n) is 14.3. The van der Waals surface area contributed by atoms with Gasteiger partial charge in [-0.3, -0.25) is 4.57 Å². The molecule has 15 heteroatoms. The molecule has 0 radical (unpaired) electrons. The molecule has 1 N–H and O–H groups in total. The highest BCUT2D eigenvalue weighted by Crippen LogP contribution is 2.64. The van der Waals surface area contributed by atoms with Crippen molar-refractivity contribution in [2.75, 3.05) is 4.90 Å². The van der Waals surface area contributed by atoms with E-state index in [4.69, 9.17) is 32.5 Å². The zero-order valence-corrected chi connectivity index (χ0v) is 30.1. The van der Waals surface area contributed by atoms with Gasteiger partial charge in [0.25, 0.3) is 0 Å². The van der Waals surface area contributed by atoms with E-state index in [-0.39, 0.29) is 17.4 Å². The van der Waals surface area contributed by atoms with Gasteiger partial charge in [-0.15, -0.1) is 10.2 Å². The van der Waals surface area contributed by atoms with E-state index >= 15 is 8.78 Å². The van der Waals surface area contributed by atoms with Crippen LogP contribution in [-0.4, -0.2) is 21.2 Å². The van der Waals surface area contributed by atoms with E-state index in [9.17, 15) is 14.7 Å². The fourth-order valence-electron chi connectivity index (χ4n) is 4.44. The van der Waals surface area contributed by atoms with Gasteiger partial charge in [-0.05, 0) is 73.5 Å². The lowest BCUT2D eigenvalue weighted by Gasteiger charge is -2.26. The van der Waals surface area contributed by atoms with Gasteiger partial charge in [0.15, 0.2) is 0 Å². The van der Waals surface area contributed by atoms with Gasteiger partial charge < -0.3 is 19.1 Å². The Bertz CT molecular complexity index is 2050. The summed E-state index contributed by atoms with van der Waals surface area (Å²) in [4.78, 5) is 12.0. The minimum atomic E-state index is -5.36. The topological polar surface area (TPSA) is 109 Å². The molecule has 248 valence electrons. The number of ether oxygens (including phenoxy) is 1. The van der Waals surface area contributed by atoms with Crippen LogP contribution in [-0.2, 0) is 21.3 Å². The molecule has 0 saturated heterocycles. The lowest BCUT2D eigenvalue weighted by atomic mass is 10.1. The molecule has 4 aromatic carbocycles. The second-order valence-corrected chi connectivity index (χ2v) is 15.0. The molecule has 0 aliphatic carbocycles. The van der Waals surface area contributed by atoms with E-state index < -0.39 is 24.9 Å². The van der Waals surface area contributed by atoms with Crippen LogP contribution >= 0.6 is 58.1 Å². The average Bonchev–Trinajstić information content (AvgIpc) is 3.55. The predicted molar refractivity (Wildman–Crippen MR) is 188 cm³/mol. The Balaban J connectivity index is 1.45. The summed E-state index contributed by atoms with van der Waals surface area (Å²) in [6.07, 6.45) is -0.548. The smallest absolute Gasteiger partial charge is 0.402 e. The van der Waals surface area contributed by atoms with Gasteiger partial charge >= 0.3 is 13.3 Å². The summed E-state index contributed by atoms with van der Waals surface area (Å²) in [6, 6.07) is 25.1. The summed E-state index contributed by atoms with van der Waals surface area (Å²) in [5.41, 5.74) is -2.48. The van der Waals surface area contributed by atoms with Crippen molar-refractivity contribution in [2.24, 2.45) is 0 Å². The lowest BCUT2D eigenvalue weighted by molar-refractivity contribution is 0.0341. The summed E-state index contributed by atoms with van der Waals surface area (Å²) >= 11 is 17.0. The van der Waals surface area contributed by atoms with Crippen molar-refractivity contribution in [3.63, 3.8) is 0 Å². The summed E-state index contributed by atoms with van der Waals surface area (Å²) in [7, 11) is -5.36. The maximum Gasteiger partial charge on any atom is 0.402 e. The molecule has 0 spiro atoms. The van der Waals surface area contributed by atoms with Crippen LogP contribution in [0.4, 0.5) is 19.6 Å². The molecule has 1 aromatic heterocycles. The van der Waals surface area contributed by atoms with Crippen molar-refractivity contribution in [3.8, 4) is 28.1 Å².